The van der Waals surface area contributed by atoms with E-state index in [0.717, 1.165) is 22.4 Å². The van der Waals surface area contributed by atoms with Crippen LogP contribution in [0.4, 0.5) is 5.69 Å². The summed E-state index contributed by atoms with van der Waals surface area (Å²) in [6.45, 7) is 5.96. The highest BCUT2D eigenvalue weighted by Crippen LogP contribution is 2.39. The minimum absolute atomic E-state index is 0.0983. The van der Waals surface area contributed by atoms with E-state index in [-0.39, 0.29) is 11.7 Å². The molecule has 2 aromatic rings. The molecule has 0 saturated carbocycles. The van der Waals surface area contributed by atoms with Crippen molar-refractivity contribution in [1.29, 1.82) is 0 Å². The van der Waals surface area contributed by atoms with Gasteiger partial charge in [0.25, 0.3) is 5.91 Å². The summed E-state index contributed by atoms with van der Waals surface area (Å²) >= 11 is 6.76. The Morgan fingerprint density at radius 1 is 1.08 bits per heavy atom. The maximum Gasteiger partial charge on any atom is 0.271 e. The fraction of sp³-hybridized carbons (Fsp3) is 0.158. The molecule has 0 aromatic heterocycles. The highest BCUT2D eigenvalue weighted by molar-refractivity contribution is 8.27. The molecule has 122 valence electrons. The van der Waals surface area contributed by atoms with Crippen LogP contribution in [0.2, 0.25) is 0 Å². The number of benzene rings is 2. The van der Waals surface area contributed by atoms with Gasteiger partial charge in [-0.25, -0.2) is 0 Å². The second kappa shape index (κ2) is 6.42. The molecule has 0 unspecified atom stereocenters. The van der Waals surface area contributed by atoms with Crippen LogP contribution in [0.15, 0.2) is 47.4 Å². The second-order valence-electron chi connectivity index (χ2n) is 5.78. The molecule has 1 heterocycles. The van der Waals surface area contributed by atoms with Gasteiger partial charge >= 0.3 is 0 Å². The first-order chi connectivity index (χ1) is 11.4. The highest BCUT2D eigenvalue weighted by atomic mass is 32.2. The number of carbonyl (C=O) groups excluding carboxylic acids is 1. The second-order valence-corrected chi connectivity index (χ2v) is 7.42. The van der Waals surface area contributed by atoms with Crippen molar-refractivity contribution in [3.63, 3.8) is 0 Å². The van der Waals surface area contributed by atoms with E-state index in [1.165, 1.54) is 17.3 Å². The molecule has 0 bridgehead atoms. The number of rotatable bonds is 2. The van der Waals surface area contributed by atoms with Crippen molar-refractivity contribution in [2.45, 2.75) is 20.8 Å². The van der Waals surface area contributed by atoms with Crippen LogP contribution in [0.5, 0.6) is 5.75 Å². The van der Waals surface area contributed by atoms with E-state index < -0.39 is 0 Å². The largest absolute Gasteiger partial charge is 0.508 e. The zero-order valence-corrected chi connectivity index (χ0v) is 15.3. The van der Waals surface area contributed by atoms with E-state index >= 15 is 0 Å². The normalized spacial score (nSPS) is 16.7. The molecule has 3 rings (SSSR count). The van der Waals surface area contributed by atoms with Crippen LogP contribution in [-0.4, -0.2) is 15.3 Å². The van der Waals surface area contributed by atoms with E-state index in [2.05, 4.69) is 0 Å². The predicted octanol–water partition coefficient (Wildman–Crippen LogP) is 4.80. The van der Waals surface area contributed by atoms with Crippen molar-refractivity contribution in [1.82, 2.24) is 0 Å². The fourth-order valence-electron chi connectivity index (χ4n) is 2.53. The van der Waals surface area contributed by atoms with Crippen molar-refractivity contribution < 1.29 is 9.90 Å². The number of thiocarbonyl (C=S) groups is 1. The zero-order chi connectivity index (χ0) is 17.4. The van der Waals surface area contributed by atoms with Gasteiger partial charge in [0.2, 0.25) is 0 Å². The Morgan fingerprint density at radius 3 is 2.38 bits per heavy atom. The molecule has 24 heavy (non-hydrogen) atoms. The Morgan fingerprint density at radius 2 is 1.75 bits per heavy atom. The van der Waals surface area contributed by atoms with Gasteiger partial charge in [-0.2, -0.15) is 0 Å². The fourth-order valence-corrected chi connectivity index (χ4v) is 3.87. The number of phenolic OH excluding ortho intramolecular Hbond substituents is 1. The van der Waals surface area contributed by atoms with E-state index in [1.807, 2.05) is 39.0 Å². The molecule has 1 aliphatic rings. The summed E-state index contributed by atoms with van der Waals surface area (Å²) in [7, 11) is 0. The summed E-state index contributed by atoms with van der Waals surface area (Å²) in [6.07, 6.45) is 0. The molecule has 1 amide bonds. The van der Waals surface area contributed by atoms with Crippen molar-refractivity contribution in [3.8, 4) is 5.75 Å². The van der Waals surface area contributed by atoms with E-state index in [0.29, 0.717) is 9.23 Å². The minimum atomic E-state index is -0.0983. The van der Waals surface area contributed by atoms with Crippen molar-refractivity contribution in [3.05, 3.63) is 64.1 Å². The lowest BCUT2D eigenvalue weighted by molar-refractivity contribution is -0.113. The quantitative estimate of drug-likeness (QED) is 0.620. The lowest BCUT2D eigenvalue weighted by Crippen LogP contribution is -2.27. The molecule has 1 aliphatic heterocycles. The molecular weight excluding hydrogens is 338 g/mol. The van der Waals surface area contributed by atoms with Gasteiger partial charge in [0.05, 0.1) is 10.6 Å². The van der Waals surface area contributed by atoms with Crippen LogP contribution in [0.1, 0.15) is 23.6 Å². The maximum absolute atomic E-state index is 12.9. The summed E-state index contributed by atoms with van der Waals surface area (Å²) in [4.78, 5) is 15.1. The smallest absolute Gasteiger partial charge is 0.271 e. The third-order valence-electron chi connectivity index (χ3n) is 4.16. The third-order valence-corrected chi connectivity index (χ3v) is 5.63. The number of thioether (sulfide) groups is 1. The van der Waals surface area contributed by atoms with Crippen molar-refractivity contribution >= 4 is 45.5 Å². The number of hydrogen-bond acceptors (Lipinski definition) is 4. The first-order valence-electron chi connectivity index (χ1n) is 7.52. The number of aromatic hydroxyl groups is 1. The third kappa shape index (κ3) is 2.97. The number of carbonyl (C=O) groups is 1. The van der Waals surface area contributed by atoms with Gasteiger partial charge in [0.1, 0.15) is 5.75 Å². The van der Waals surface area contributed by atoms with Gasteiger partial charge in [-0.05, 0) is 67.3 Å². The summed E-state index contributed by atoms with van der Waals surface area (Å²) in [5, 5.41) is 9.42. The van der Waals surface area contributed by atoms with Gasteiger partial charge in [-0.1, -0.05) is 42.2 Å². The SMILES string of the molecule is CC(=C1SC(=S)N(c2ccc(C)c(C)c2)C1=O)c1ccc(O)cc1. The molecular formula is C19H17NO2S2. The summed E-state index contributed by atoms with van der Waals surface area (Å²) in [5.41, 5.74) is 4.86. The van der Waals surface area contributed by atoms with Crippen molar-refractivity contribution in [2.75, 3.05) is 4.90 Å². The molecule has 3 nitrogen and oxygen atoms in total. The van der Waals surface area contributed by atoms with Crippen LogP contribution < -0.4 is 4.90 Å². The van der Waals surface area contributed by atoms with E-state index in [4.69, 9.17) is 12.2 Å². The van der Waals surface area contributed by atoms with Gasteiger partial charge in [-0.15, -0.1) is 0 Å². The van der Waals surface area contributed by atoms with Gasteiger partial charge in [-0.3, -0.25) is 9.69 Å². The van der Waals surface area contributed by atoms with E-state index in [9.17, 15) is 9.90 Å². The van der Waals surface area contributed by atoms with Crippen molar-refractivity contribution in [2.24, 2.45) is 0 Å². The monoisotopic (exact) mass is 355 g/mol. The number of phenols is 1. The number of amides is 1. The standard InChI is InChI=1S/C19H17NO2S2/c1-11-4-7-15(10-12(11)2)20-18(22)17(24-19(20)23)13(3)14-5-8-16(21)9-6-14/h4-10,21H,1-3H3. The first kappa shape index (κ1) is 16.7. The Bertz CT molecular complexity index is 869. The molecule has 2 aromatic carbocycles. The lowest BCUT2D eigenvalue weighted by Gasteiger charge is -2.16. The number of nitrogens with zero attached hydrogens (tertiary/aromatic N) is 1. The van der Waals surface area contributed by atoms with Crippen LogP contribution >= 0.6 is 24.0 Å². The van der Waals surface area contributed by atoms with Crippen LogP contribution in [0.25, 0.3) is 5.57 Å². The van der Waals surface area contributed by atoms with E-state index in [1.54, 1.807) is 29.2 Å². The van der Waals surface area contributed by atoms with Crippen LogP contribution in [0.3, 0.4) is 0 Å². The van der Waals surface area contributed by atoms with Crippen LogP contribution in [0, 0.1) is 13.8 Å². The topological polar surface area (TPSA) is 40.5 Å². The Balaban J connectivity index is 2.00. The predicted molar refractivity (Wildman–Crippen MR) is 104 cm³/mol. The summed E-state index contributed by atoms with van der Waals surface area (Å²) in [5.74, 6) is 0.105. The molecule has 1 saturated heterocycles. The Kier molecular flexibility index (Phi) is 4.47. The lowest BCUT2D eigenvalue weighted by atomic mass is 10.1. The minimum Gasteiger partial charge on any atom is -0.508 e. The Hall–Kier alpha value is -2.11. The molecule has 5 heteroatoms. The zero-order valence-electron chi connectivity index (χ0n) is 13.7. The summed E-state index contributed by atoms with van der Waals surface area (Å²) < 4.78 is 0.538. The maximum atomic E-state index is 12.9. The average Bonchev–Trinajstić information content (AvgIpc) is 2.85. The molecule has 1 N–H and O–H groups in total. The number of anilines is 1. The number of aryl methyl sites for hydroxylation is 2. The average molecular weight is 355 g/mol. The molecule has 0 atom stereocenters. The molecule has 0 radical (unpaired) electrons. The number of hydrogen-bond donors (Lipinski definition) is 1. The van der Waals surface area contributed by atoms with Crippen LogP contribution in [-0.2, 0) is 4.79 Å². The number of allylic oxidation sites excluding steroid dienone is 1. The summed E-state index contributed by atoms with van der Waals surface area (Å²) in [6, 6.07) is 12.7. The highest BCUT2D eigenvalue weighted by Gasteiger charge is 2.35. The molecule has 1 fully saturated rings. The van der Waals surface area contributed by atoms with Gasteiger partial charge < -0.3 is 5.11 Å². The molecule has 0 spiro atoms. The van der Waals surface area contributed by atoms with Gasteiger partial charge in [0.15, 0.2) is 4.32 Å². The molecule has 0 aliphatic carbocycles. The Labute approximate surface area is 151 Å². The van der Waals surface area contributed by atoms with Gasteiger partial charge in [0, 0.05) is 0 Å². The first-order valence-corrected chi connectivity index (χ1v) is 8.75.